The van der Waals surface area contributed by atoms with Crippen molar-refractivity contribution < 1.29 is 9.59 Å². The van der Waals surface area contributed by atoms with E-state index in [-0.39, 0.29) is 23.9 Å². The highest BCUT2D eigenvalue weighted by molar-refractivity contribution is 5.95. The normalized spacial score (nSPS) is 15.4. The third-order valence-corrected chi connectivity index (χ3v) is 4.93. The summed E-state index contributed by atoms with van der Waals surface area (Å²) in [5, 5.41) is 9.34. The zero-order chi connectivity index (χ0) is 19.9. The van der Waals surface area contributed by atoms with E-state index in [4.69, 9.17) is 0 Å². The topological polar surface area (TPSA) is 70.2 Å². The summed E-state index contributed by atoms with van der Waals surface area (Å²) < 4.78 is 0. The Balaban J connectivity index is 1.56. The third kappa shape index (κ3) is 5.59. The highest BCUT2D eigenvalue weighted by Gasteiger charge is 2.24. The Bertz CT molecular complexity index is 785. The van der Waals surface area contributed by atoms with Crippen LogP contribution < -0.4 is 16.0 Å². The highest BCUT2D eigenvalue weighted by atomic mass is 16.2. The molecule has 0 aliphatic heterocycles. The molecule has 2 aromatic carbocycles. The van der Waals surface area contributed by atoms with E-state index < -0.39 is 0 Å². The molecular weight excluding hydrogens is 350 g/mol. The molecule has 1 aliphatic rings. The lowest BCUT2D eigenvalue weighted by molar-refractivity contribution is -0.122. The Hall–Kier alpha value is -2.82. The summed E-state index contributed by atoms with van der Waals surface area (Å²) in [6.07, 6.45) is 4.03. The van der Waals surface area contributed by atoms with Crippen molar-refractivity contribution in [1.29, 1.82) is 0 Å². The molecule has 0 bridgehead atoms. The Kier molecular flexibility index (Phi) is 6.69. The minimum atomic E-state index is -0.380. The second-order valence-corrected chi connectivity index (χ2v) is 7.45. The standard InChI is InChI=1S/C23H29N3O2/c1-3-7-21(17-8-5-4-6-9-17)26-22(27)16(2)24-19-12-10-18(11-13-19)23(28)25-20-14-15-20/h4-6,8-13,16,20-21,24H,3,7,14-15H2,1-2H3,(H,25,28)(H,26,27). The van der Waals surface area contributed by atoms with E-state index in [0.717, 1.165) is 36.9 Å². The first-order chi connectivity index (χ1) is 13.6. The number of amides is 2. The van der Waals surface area contributed by atoms with E-state index in [1.807, 2.05) is 49.4 Å². The highest BCUT2D eigenvalue weighted by Crippen LogP contribution is 2.20. The van der Waals surface area contributed by atoms with Crippen LogP contribution in [0.4, 0.5) is 5.69 Å². The minimum Gasteiger partial charge on any atom is -0.374 e. The van der Waals surface area contributed by atoms with Gasteiger partial charge in [0.2, 0.25) is 5.91 Å². The number of carbonyl (C=O) groups is 2. The van der Waals surface area contributed by atoms with Gasteiger partial charge in [-0.15, -0.1) is 0 Å². The van der Waals surface area contributed by atoms with Gasteiger partial charge in [0.25, 0.3) is 5.91 Å². The third-order valence-electron chi connectivity index (χ3n) is 4.93. The summed E-state index contributed by atoms with van der Waals surface area (Å²) in [6.45, 7) is 3.96. The summed E-state index contributed by atoms with van der Waals surface area (Å²) in [6, 6.07) is 17.3. The lowest BCUT2D eigenvalue weighted by Gasteiger charge is -2.22. The molecule has 1 fully saturated rings. The molecule has 5 nitrogen and oxygen atoms in total. The Morgan fingerprint density at radius 2 is 1.71 bits per heavy atom. The summed E-state index contributed by atoms with van der Waals surface area (Å²) in [7, 11) is 0. The van der Waals surface area contributed by atoms with Gasteiger partial charge >= 0.3 is 0 Å². The zero-order valence-corrected chi connectivity index (χ0v) is 16.6. The molecule has 3 N–H and O–H groups in total. The second kappa shape index (κ2) is 9.40. The smallest absolute Gasteiger partial charge is 0.251 e. The van der Waals surface area contributed by atoms with Gasteiger partial charge in [-0.05, 0) is 56.0 Å². The number of rotatable bonds is 9. The van der Waals surface area contributed by atoms with Crippen LogP contribution in [0.5, 0.6) is 0 Å². The molecular formula is C23H29N3O2. The minimum absolute atomic E-state index is 0.0106. The van der Waals surface area contributed by atoms with E-state index in [2.05, 4.69) is 22.9 Å². The average molecular weight is 380 g/mol. The van der Waals surface area contributed by atoms with Crippen molar-refractivity contribution in [1.82, 2.24) is 10.6 Å². The van der Waals surface area contributed by atoms with Gasteiger partial charge in [0, 0.05) is 17.3 Å². The molecule has 28 heavy (non-hydrogen) atoms. The van der Waals surface area contributed by atoms with Crippen molar-refractivity contribution in [3.63, 3.8) is 0 Å². The summed E-state index contributed by atoms with van der Waals surface area (Å²) >= 11 is 0. The molecule has 2 atom stereocenters. The van der Waals surface area contributed by atoms with Crippen LogP contribution in [0.2, 0.25) is 0 Å². The molecule has 3 rings (SSSR count). The lowest BCUT2D eigenvalue weighted by atomic mass is 10.0. The summed E-state index contributed by atoms with van der Waals surface area (Å²) in [5.74, 6) is -0.0806. The van der Waals surface area contributed by atoms with Gasteiger partial charge in [0.15, 0.2) is 0 Å². The van der Waals surface area contributed by atoms with Crippen LogP contribution in [0.25, 0.3) is 0 Å². The van der Waals surface area contributed by atoms with Crippen molar-refractivity contribution in [2.24, 2.45) is 0 Å². The first kappa shape index (κ1) is 19.9. The van der Waals surface area contributed by atoms with Gasteiger partial charge in [0.05, 0.1) is 6.04 Å². The fourth-order valence-electron chi connectivity index (χ4n) is 3.12. The Morgan fingerprint density at radius 3 is 2.32 bits per heavy atom. The van der Waals surface area contributed by atoms with Crippen LogP contribution in [-0.4, -0.2) is 23.9 Å². The average Bonchev–Trinajstić information content (AvgIpc) is 3.52. The van der Waals surface area contributed by atoms with E-state index in [0.29, 0.717) is 11.6 Å². The van der Waals surface area contributed by atoms with Crippen molar-refractivity contribution in [3.8, 4) is 0 Å². The van der Waals surface area contributed by atoms with Crippen molar-refractivity contribution in [2.75, 3.05) is 5.32 Å². The number of benzene rings is 2. The number of carbonyl (C=O) groups excluding carboxylic acids is 2. The molecule has 2 aromatic rings. The quantitative estimate of drug-likeness (QED) is 0.616. The lowest BCUT2D eigenvalue weighted by Crippen LogP contribution is -2.39. The van der Waals surface area contributed by atoms with Gasteiger partial charge in [-0.2, -0.15) is 0 Å². The van der Waals surface area contributed by atoms with Gasteiger partial charge in [0.1, 0.15) is 6.04 Å². The van der Waals surface area contributed by atoms with Crippen LogP contribution >= 0.6 is 0 Å². The Morgan fingerprint density at radius 1 is 1.04 bits per heavy atom. The molecule has 1 aliphatic carbocycles. The van der Waals surface area contributed by atoms with E-state index in [9.17, 15) is 9.59 Å². The molecule has 148 valence electrons. The maximum absolute atomic E-state index is 12.7. The molecule has 0 aromatic heterocycles. The molecule has 2 unspecified atom stereocenters. The van der Waals surface area contributed by atoms with Crippen LogP contribution in [0.1, 0.15) is 61.5 Å². The van der Waals surface area contributed by atoms with Crippen LogP contribution in [0.15, 0.2) is 54.6 Å². The second-order valence-electron chi connectivity index (χ2n) is 7.45. The van der Waals surface area contributed by atoms with E-state index in [1.54, 1.807) is 12.1 Å². The predicted octanol–water partition coefficient (Wildman–Crippen LogP) is 4.04. The predicted molar refractivity (Wildman–Crippen MR) is 112 cm³/mol. The van der Waals surface area contributed by atoms with E-state index in [1.165, 1.54) is 0 Å². The molecule has 0 saturated heterocycles. The van der Waals surface area contributed by atoms with Gasteiger partial charge in [-0.1, -0.05) is 43.7 Å². The number of nitrogens with one attached hydrogen (secondary N) is 3. The monoisotopic (exact) mass is 379 g/mol. The first-order valence-corrected chi connectivity index (χ1v) is 10.1. The van der Waals surface area contributed by atoms with Crippen molar-refractivity contribution >= 4 is 17.5 Å². The summed E-state index contributed by atoms with van der Waals surface area (Å²) in [5.41, 5.74) is 2.58. The number of hydrogen-bond acceptors (Lipinski definition) is 3. The van der Waals surface area contributed by atoms with Crippen LogP contribution in [-0.2, 0) is 4.79 Å². The number of hydrogen-bond donors (Lipinski definition) is 3. The fraction of sp³-hybridized carbons (Fsp3) is 0.391. The van der Waals surface area contributed by atoms with E-state index >= 15 is 0 Å². The first-order valence-electron chi connectivity index (χ1n) is 10.1. The van der Waals surface area contributed by atoms with Crippen molar-refractivity contribution in [3.05, 3.63) is 65.7 Å². The fourth-order valence-corrected chi connectivity index (χ4v) is 3.12. The maximum Gasteiger partial charge on any atom is 0.251 e. The molecule has 0 spiro atoms. The molecule has 1 saturated carbocycles. The SMILES string of the molecule is CCCC(NC(=O)C(C)Nc1ccc(C(=O)NC2CC2)cc1)c1ccccc1. The maximum atomic E-state index is 12.7. The molecule has 0 radical (unpaired) electrons. The van der Waals surface area contributed by atoms with Crippen molar-refractivity contribution in [2.45, 2.75) is 57.7 Å². The largest absolute Gasteiger partial charge is 0.374 e. The van der Waals surface area contributed by atoms with Gasteiger partial charge in [-0.3, -0.25) is 9.59 Å². The number of anilines is 1. The van der Waals surface area contributed by atoms with Gasteiger partial charge in [-0.25, -0.2) is 0 Å². The molecule has 2 amide bonds. The van der Waals surface area contributed by atoms with Crippen LogP contribution in [0, 0.1) is 0 Å². The molecule has 0 heterocycles. The zero-order valence-electron chi connectivity index (χ0n) is 16.6. The Labute approximate surface area is 166 Å². The van der Waals surface area contributed by atoms with Gasteiger partial charge < -0.3 is 16.0 Å². The summed E-state index contributed by atoms with van der Waals surface area (Å²) in [4.78, 5) is 24.7. The molecule has 5 heteroatoms. The van der Waals surface area contributed by atoms with Crippen LogP contribution in [0.3, 0.4) is 0 Å².